The molecule has 0 radical (unpaired) electrons. The first-order valence-corrected chi connectivity index (χ1v) is 13.1. The molecule has 0 spiro atoms. The van der Waals surface area contributed by atoms with Gasteiger partial charge in [0.15, 0.2) is 6.10 Å². The van der Waals surface area contributed by atoms with Crippen LogP contribution in [0.25, 0.3) is 11.1 Å². The van der Waals surface area contributed by atoms with Crippen molar-refractivity contribution in [2.45, 2.75) is 37.4 Å². The molecule has 4 aromatic rings. The number of hydrogen-bond acceptors (Lipinski definition) is 3. The maximum Gasteiger partial charge on any atom is 0.573 e. The molecule has 1 unspecified atom stereocenters. The monoisotopic (exact) mass is 589 g/mol. The minimum absolute atomic E-state index is 0.0521. The molecule has 0 aromatic heterocycles. The number of aliphatic hydroxyl groups excluding tert-OH is 1. The van der Waals surface area contributed by atoms with Gasteiger partial charge in [-0.15, -0.1) is 13.2 Å². The predicted molar refractivity (Wildman–Crippen MR) is 145 cm³/mol. The Bertz CT molecular complexity index is 1580. The summed E-state index contributed by atoms with van der Waals surface area (Å²) < 4.78 is 98.6. The van der Waals surface area contributed by atoms with E-state index in [4.69, 9.17) is 0 Å². The molecule has 1 aliphatic rings. The second-order valence-electron chi connectivity index (χ2n) is 10.4. The number of ether oxygens (including phenoxy) is 1. The zero-order valence-electron chi connectivity index (χ0n) is 22.3. The zero-order chi connectivity index (χ0) is 30.3. The van der Waals surface area contributed by atoms with Crippen molar-refractivity contribution in [3.05, 3.63) is 119 Å². The quantitative estimate of drug-likeness (QED) is 0.222. The first kappa shape index (κ1) is 29.4. The predicted octanol–water partition coefficient (Wildman–Crippen LogP) is 7.97. The summed E-state index contributed by atoms with van der Waals surface area (Å²) in [4.78, 5) is 1.42. The SMILES string of the molecule is Cc1ccccc1-c1cc(C2(Cc3cccc(OC(F)(F)F)c3)CN(C[C@@H](O)C(F)(F)F)c3ccccc32)ccc1F. The van der Waals surface area contributed by atoms with Crippen molar-refractivity contribution in [3.63, 3.8) is 0 Å². The number of halogens is 7. The van der Waals surface area contributed by atoms with Crippen LogP contribution in [0.2, 0.25) is 0 Å². The normalized spacial score (nSPS) is 17.7. The van der Waals surface area contributed by atoms with Crippen molar-refractivity contribution in [3.8, 4) is 16.9 Å². The Hall–Kier alpha value is -4.05. The number of rotatable bonds is 7. The molecular formula is C32H26F7NO2. The lowest BCUT2D eigenvalue weighted by Gasteiger charge is -2.33. The first-order valence-electron chi connectivity index (χ1n) is 13.1. The van der Waals surface area contributed by atoms with Crippen LogP contribution in [-0.4, -0.2) is 36.8 Å². The maximum absolute atomic E-state index is 15.3. The molecule has 220 valence electrons. The highest BCUT2D eigenvalue weighted by Crippen LogP contribution is 2.49. The van der Waals surface area contributed by atoms with Crippen LogP contribution < -0.4 is 9.64 Å². The highest BCUT2D eigenvalue weighted by atomic mass is 19.4. The summed E-state index contributed by atoms with van der Waals surface area (Å²) in [5.41, 5.74) is 2.61. The molecule has 0 amide bonds. The van der Waals surface area contributed by atoms with Crippen LogP contribution in [-0.2, 0) is 11.8 Å². The number of para-hydroxylation sites is 1. The second kappa shape index (κ2) is 11.0. The van der Waals surface area contributed by atoms with Gasteiger partial charge in [-0.05, 0) is 71.5 Å². The van der Waals surface area contributed by atoms with Gasteiger partial charge in [-0.2, -0.15) is 13.2 Å². The second-order valence-corrected chi connectivity index (χ2v) is 10.4. The molecule has 10 heteroatoms. The van der Waals surface area contributed by atoms with Crippen LogP contribution in [0.4, 0.5) is 36.4 Å². The molecule has 1 heterocycles. The maximum atomic E-state index is 15.3. The number of aryl methyl sites for hydroxylation is 1. The summed E-state index contributed by atoms with van der Waals surface area (Å²) in [6.45, 7) is 1.02. The molecule has 1 aliphatic heterocycles. The Labute approximate surface area is 237 Å². The first-order chi connectivity index (χ1) is 19.8. The highest BCUT2D eigenvalue weighted by Gasteiger charge is 2.47. The number of aliphatic hydroxyl groups is 1. The molecule has 3 nitrogen and oxygen atoms in total. The molecular weight excluding hydrogens is 563 g/mol. The number of anilines is 1. The summed E-state index contributed by atoms with van der Waals surface area (Å²) in [5.74, 6) is -0.940. The lowest BCUT2D eigenvalue weighted by Crippen LogP contribution is -2.44. The fraction of sp³-hybridized carbons (Fsp3) is 0.250. The van der Waals surface area contributed by atoms with E-state index in [-0.39, 0.29) is 18.5 Å². The molecule has 42 heavy (non-hydrogen) atoms. The fourth-order valence-electron chi connectivity index (χ4n) is 5.73. The Morgan fingerprint density at radius 1 is 0.857 bits per heavy atom. The van der Waals surface area contributed by atoms with Gasteiger partial charge in [-0.1, -0.05) is 60.7 Å². The molecule has 5 rings (SSSR count). The average molecular weight is 590 g/mol. The van der Waals surface area contributed by atoms with Gasteiger partial charge in [-0.3, -0.25) is 0 Å². The van der Waals surface area contributed by atoms with E-state index in [1.165, 1.54) is 23.1 Å². The van der Waals surface area contributed by atoms with Crippen LogP contribution in [0.1, 0.15) is 22.3 Å². The van der Waals surface area contributed by atoms with E-state index in [0.717, 1.165) is 11.6 Å². The third kappa shape index (κ3) is 5.94. The van der Waals surface area contributed by atoms with E-state index in [1.807, 2.05) is 19.1 Å². The fourth-order valence-corrected chi connectivity index (χ4v) is 5.73. The van der Waals surface area contributed by atoms with Crippen LogP contribution in [0.15, 0.2) is 91.0 Å². The van der Waals surface area contributed by atoms with E-state index in [2.05, 4.69) is 4.74 Å². The summed E-state index contributed by atoms with van der Waals surface area (Å²) >= 11 is 0. The molecule has 0 saturated heterocycles. The van der Waals surface area contributed by atoms with Crippen LogP contribution in [0, 0.1) is 12.7 Å². The Balaban J connectivity index is 1.68. The van der Waals surface area contributed by atoms with Gasteiger partial charge in [0.25, 0.3) is 0 Å². The topological polar surface area (TPSA) is 32.7 Å². The molecule has 0 aliphatic carbocycles. The van der Waals surface area contributed by atoms with Crippen molar-refractivity contribution in [1.29, 1.82) is 0 Å². The highest BCUT2D eigenvalue weighted by molar-refractivity contribution is 5.72. The van der Waals surface area contributed by atoms with Crippen molar-refractivity contribution >= 4 is 5.69 Å². The van der Waals surface area contributed by atoms with Gasteiger partial charge < -0.3 is 14.7 Å². The lowest BCUT2D eigenvalue weighted by atomic mass is 9.71. The van der Waals surface area contributed by atoms with Crippen LogP contribution in [0.3, 0.4) is 0 Å². The van der Waals surface area contributed by atoms with Crippen molar-refractivity contribution in [1.82, 2.24) is 0 Å². The largest absolute Gasteiger partial charge is 0.573 e. The molecule has 0 bridgehead atoms. The number of nitrogens with zero attached hydrogens (tertiary/aromatic N) is 1. The van der Waals surface area contributed by atoms with Gasteiger partial charge >= 0.3 is 12.5 Å². The Morgan fingerprint density at radius 3 is 2.29 bits per heavy atom. The average Bonchev–Trinajstić information content (AvgIpc) is 3.22. The van der Waals surface area contributed by atoms with E-state index in [0.29, 0.717) is 27.9 Å². The summed E-state index contributed by atoms with van der Waals surface area (Å²) in [6, 6.07) is 23.8. The minimum atomic E-state index is -4.92. The van der Waals surface area contributed by atoms with Crippen LogP contribution >= 0.6 is 0 Å². The van der Waals surface area contributed by atoms with E-state index < -0.39 is 42.2 Å². The summed E-state index contributed by atoms with van der Waals surface area (Å²) in [7, 11) is 0. The number of fused-ring (bicyclic) bond motifs is 1. The molecule has 2 atom stereocenters. The van der Waals surface area contributed by atoms with E-state index in [1.54, 1.807) is 54.6 Å². The summed E-state index contributed by atoms with van der Waals surface area (Å²) in [5, 5.41) is 9.97. The van der Waals surface area contributed by atoms with Crippen LogP contribution in [0.5, 0.6) is 5.75 Å². The third-order valence-corrected chi connectivity index (χ3v) is 7.58. The number of benzene rings is 4. The van der Waals surface area contributed by atoms with Gasteiger partial charge in [0, 0.05) is 23.2 Å². The van der Waals surface area contributed by atoms with Crippen molar-refractivity contribution in [2.75, 3.05) is 18.0 Å². The van der Waals surface area contributed by atoms with Crippen molar-refractivity contribution in [2.24, 2.45) is 0 Å². The Morgan fingerprint density at radius 2 is 1.57 bits per heavy atom. The van der Waals surface area contributed by atoms with Gasteiger partial charge in [0.1, 0.15) is 11.6 Å². The molecule has 0 fully saturated rings. The minimum Gasteiger partial charge on any atom is -0.406 e. The molecule has 4 aromatic carbocycles. The van der Waals surface area contributed by atoms with Gasteiger partial charge in [0.2, 0.25) is 0 Å². The van der Waals surface area contributed by atoms with E-state index >= 15 is 4.39 Å². The zero-order valence-corrected chi connectivity index (χ0v) is 22.3. The lowest BCUT2D eigenvalue weighted by molar-refractivity contribution is -0.274. The smallest absolute Gasteiger partial charge is 0.406 e. The number of β-amino-alcohol motifs (C(OH)–C–C–N with tert-alkyl or cyclic N) is 1. The summed E-state index contributed by atoms with van der Waals surface area (Å²) in [6.07, 6.45) is -12.4. The third-order valence-electron chi connectivity index (χ3n) is 7.58. The number of alkyl halides is 6. The van der Waals surface area contributed by atoms with Crippen molar-refractivity contribution < 1.29 is 40.6 Å². The number of hydrogen-bond donors (Lipinski definition) is 1. The molecule has 0 saturated carbocycles. The Kier molecular flexibility index (Phi) is 7.70. The van der Waals surface area contributed by atoms with Gasteiger partial charge in [0.05, 0.1) is 6.54 Å². The molecule has 1 N–H and O–H groups in total. The van der Waals surface area contributed by atoms with Gasteiger partial charge in [-0.25, -0.2) is 4.39 Å². The standard InChI is InChI=1S/C32H26F7NO2/c1-20-7-2-3-10-24(20)25-16-22(13-14-27(25)33)30(17-21-8-6-9-23(15-21)42-32(37,38)39)19-40(18-29(41)31(34,35)36)28-12-5-4-11-26(28)30/h2-16,29,41H,17-19H2,1H3/t29-,30?/m1/s1. The van der Waals surface area contributed by atoms with E-state index in [9.17, 15) is 31.4 Å².